The fourth-order valence-electron chi connectivity index (χ4n) is 2.48. The van der Waals surface area contributed by atoms with Gasteiger partial charge in [0.25, 0.3) is 0 Å². The van der Waals surface area contributed by atoms with Crippen molar-refractivity contribution in [1.29, 1.82) is 0 Å². The summed E-state index contributed by atoms with van der Waals surface area (Å²) in [4.78, 5) is 24.9. The molecule has 2 unspecified atom stereocenters. The Morgan fingerprint density at radius 1 is 1.45 bits per heavy atom. The van der Waals surface area contributed by atoms with Crippen molar-refractivity contribution in [2.45, 2.75) is 26.3 Å². The van der Waals surface area contributed by atoms with Gasteiger partial charge in [-0.15, -0.1) is 0 Å². The van der Waals surface area contributed by atoms with E-state index >= 15 is 0 Å². The van der Waals surface area contributed by atoms with Gasteiger partial charge in [0.15, 0.2) is 0 Å². The zero-order chi connectivity index (χ0) is 14.9. The highest BCUT2D eigenvalue weighted by molar-refractivity contribution is 6.31. The molecule has 0 aliphatic carbocycles. The number of anilines is 1. The minimum atomic E-state index is -0.965. The Bertz CT molecular complexity index is 547. The minimum absolute atomic E-state index is 0.0429. The molecule has 1 aliphatic heterocycles. The molecule has 0 aromatic heterocycles. The van der Waals surface area contributed by atoms with Crippen LogP contribution in [0.15, 0.2) is 18.2 Å². The second-order valence-electron chi connectivity index (χ2n) is 5.08. The topological polar surface area (TPSA) is 69.6 Å². The fourth-order valence-corrected chi connectivity index (χ4v) is 2.66. The van der Waals surface area contributed by atoms with Gasteiger partial charge < -0.3 is 15.3 Å². The number of likely N-dealkylation sites (tertiary alicyclic amines) is 1. The van der Waals surface area contributed by atoms with Crippen molar-refractivity contribution in [3.63, 3.8) is 0 Å². The number of rotatable bonds is 2. The van der Waals surface area contributed by atoms with Crippen molar-refractivity contribution < 1.29 is 14.7 Å². The molecule has 20 heavy (non-hydrogen) atoms. The van der Waals surface area contributed by atoms with Gasteiger partial charge in [0.1, 0.15) is 6.04 Å². The molecule has 2 N–H and O–H groups in total. The number of halogens is 1. The minimum Gasteiger partial charge on any atom is -0.480 e. The molecule has 1 aliphatic rings. The molecule has 1 saturated heterocycles. The number of carboxylic acid groups (broad SMARTS) is 1. The van der Waals surface area contributed by atoms with Gasteiger partial charge >= 0.3 is 12.0 Å². The lowest BCUT2D eigenvalue weighted by Crippen LogP contribution is -2.44. The molecule has 108 valence electrons. The Labute approximate surface area is 122 Å². The summed E-state index contributed by atoms with van der Waals surface area (Å²) in [6, 6.07) is 4.06. The number of aliphatic carboxylic acids is 1. The standard InChI is InChI=1S/C14H17ClN2O3/c1-8-6-7-17(12(8)13(18)19)14(20)16-11-5-3-4-10(15)9(11)2/h3-5,8,12H,6-7H2,1-2H3,(H,16,20)(H,18,19). The van der Waals surface area contributed by atoms with Gasteiger partial charge in [0, 0.05) is 17.3 Å². The first-order valence-electron chi connectivity index (χ1n) is 6.47. The third-order valence-corrected chi connectivity index (χ3v) is 4.13. The molecule has 0 saturated carbocycles. The Morgan fingerprint density at radius 3 is 2.80 bits per heavy atom. The van der Waals surface area contributed by atoms with Crippen LogP contribution in [-0.4, -0.2) is 34.6 Å². The first-order valence-corrected chi connectivity index (χ1v) is 6.85. The van der Waals surface area contributed by atoms with E-state index in [-0.39, 0.29) is 5.92 Å². The highest BCUT2D eigenvalue weighted by Gasteiger charge is 2.39. The van der Waals surface area contributed by atoms with Crippen LogP contribution in [0.2, 0.25) is 5.02 Å². The second kappa shape index (κ2) is 5.71. The van der Waals surface area contributed by atoms with Crippen LogP contribution in [0, 0.1) is 12.8 Å². The number of carbonyl (C=O) groups is 2. The van der Waals surface area contributed by atoms with Crippen LogP contribution in [0.4, 0.5) is 10.5 Å². The van der Waals surface area contributed by atoms with E-state index < -0.39 is 18.0 Å². The van der Waals surface area contributed by atoms with Crippen molar-refractivity contribution in [3.05, 3.63) is 28.8 Å². The first kappa shape index (κ1) is 14.7. The number of benzene rings is 1. The van der Waals surface area contributed by atoms with Gasteiger partial charge in [-0.05, 0) is 37.0 Å². The van der Waals surface area contributed by atoms with Gasteiger partial charge in [0.2, 0.25) is 0 Å². The average Bonchev–Trinajstić information content (AvgIpc) is 2.77. The average molecular weight is 297 g/mol. The van der Waals surface area contributed by atoms with Crippen molar-refractivity contribution in [1.82, 2.24) is 4.90 Å². The number of carbonyl (C=O) groups excluding carboxylic acids is 1. The van der Waals surface area contributed by atoms with Gasteiger partial charge in [0.05, 0.1) is 0 Å². The predicted molar refractivity (Wildman–Crippen MR) is 77.1 cm³/mol. The molecular formula is C14H17ClN2O3. The molecule has 2 rings (SSSR count). The van der Waals surface area contributed by atoms with E-state index in [1.165, 1.54) is 4.90 Å². The van der Waals surface area contributed by atoms with Crippen LogP contribution >= 0.6 is 11.6 Å². The van der Waals surface area contributed by atoms with Crippen LogP contribution in [0.25, 0.3) is 0 Å². The summed E-state index contributed by atoms with van der Waals surface area (Å²) in [6.07, 6.45) is 0.693. The molecule has 0 radical (unpaired) electrons. The number of hydrogen-bond donors (Lipinski definition) is 2. The van der Waals surface area contributed by atoms with Crippen LogP contribution in [0.3, 0.4) is 0 Å². The number of hydrogen-bond acceptors (Lipinski definition) is 2. The third kappa shape index (κ3) is 2.72. The van der Waals surface area contributed by atoms with Gasteiger partial charge in [-0.3, -0.25) is 0 Å². The summed E-state index contributed by atoms with van der Waals surface area (Å²) in [6.45, 7) is 4.10. The van der Waals surface area contributed by atoms with E-state index in [9.17, 15) is 14.7 Å². The summed E-state index contributed by atoms with van der Waals surface area (Å²) in [5, 5.41) is 12.5. The Hall–Kier alpha value is -1.75. The largest absolute Gasteiger partial charge is 0.480 e. The van der Waals surface area contributed by atoms with Crippen molar-refractivity contribution in [2.75, 3.05) is 11.9 Å². The highest BCUT2D eigenvalue weighted by Crippen LogP contribution is 2.27. The van der Waals surface area contributed by atoms with Crippen LogP contribution in [0.1, 0.15) is 18.9 Å². The molecule has 2 amide bonds. The van der Waals surface area contributed by atoms with Crippen molar-refractivity contribution in [3.8, 4) is 0 Å². The molecule has 0 spiro atoms. The maximum absolute atomic E-state index is 12.2. The number of urea groups is 1. The summed E-state index contributed by atoms with van der Waals surface area (Å²) in [5.74, 6) is -1.01. The maximum atomic E-state index is 12.2. The van der Waals surface area contributed by atoms with E-state index in [4.69, 9.17) is 11.6 Å². The maximum Gasteiger partial charge on any atom is 0.326 e. The van der Waals surface area contributed by atoms with E-state index in [0.29, 0.717) is 23.7 Å². The summed E-state index contributed by atoms with van der Waals surface area (Å²) >= 11 is 6.00. The van der Waals surface area contributed by atoms with Crippen molar-refractivity contribution in [2.24, 2.45) is 5.92 Å². The monoisotopic (exact) mass is 296 g/mol. The lowest BCUT2D eigenvalue weighted by molar-refractivity contribution is -0.142. The smallest absolute Gasteiger partial charge is 0.326 e. The van der Waals surface area contributed by atoms with Crippen LogP contribution < -0.4 is 5.32 Å². The molecule has 0 bridgehead atoms. The zero-order valence-electron chi connectivity index (χ0n) is 11.4. The molecule has 1 aromatic carbocycles. The lowest BCUT2D eigenvalue weighted by atomic mass is 10.0. The number of amides is 2. The third-order valence-electron chi connectivity index (χ3n) is 3.72. The van der Waals surface area contributed by atoms with Crippen LogP contribution in [-0.2, 0) is 4.79 Å². The Morgan fingerprint density at radius 2 is 2.15 bits per heavy atom. The zero-order valence-corrected chi connectivity index (χ0v) is 12.1. The van der Waals surface area contributed by atoms with Gasteiger partial charge in [-0.2, -0.15) is 0 Å². The van der Waals surface area contributed by atoms with E-state index in [1.807, 2.05) is 6.92 Å². The van der Waals surface area contributed by atoms with Crippen molar-refractivity contribution >= 4 is 29.3 Å². The van der Waals surface area contributed by atoms with Crippen LogP contribution in [0.5, 0.6) is 0 Å². The first-order chi connectivity index (χ1) is 9.41. The molecular weight excluding hydrogens is 280 g/mol. The Balaban J connectivity index is 2.16. The van der Waals surface area contributed by atoms with Gasteiger partial charge in [-0.25, -0.2) is 9.59 Å². The van der Waals surface area contributed by atoms with Gasteiger partial charge in [-0.1, -0.05) is 24.6 Å². The highest BCUT2D eigenvalue weighted by atomic mass is 35.5. The molecule has 5 nitrogen and oxygen atoms in total. The second-order valence-corrected chi connectivity index (χ2v) is 5.49. The SMILES string of the molecule is Cc1c(Cl)cccc1NC(=O)N1CCC(C)C1C(=O)O. The number of carboxylic acids is 1. The number of nitrogens with zero attached hydrogens (tertiary/aromatic N) is 1. The predicted octanol–water partition coefficient (Wildman–Crippen LogP) is 2.98. The molecule has 6 heteroatoms. The quantitative estimate of drug-likeness (QED) is 0.881. The number of nitrogens with one attached hydrogen (secondary N) is 1. The molecule has 1 fully saturated rings. The molecule has 1 heterocycles. The summed E-state index contributed by atoms with van der Waals surface area (Å²) in [7, 11) is 0. The summed E-state index contributed by atoms with van der Waals surface area (Å²) < 4.78 is 0. The molecule has 1 aromatic rings. The lowest BCUT2D eigenvalue weighted by Gasteiger charge is -2.24. The normalized spacial score (nSPS) is 21.9. The summed E-state index contributed by atoms with van der Waals surface area (Å²) in [5.41, 5.74) is 1.37. The van der Waals surface area contributed by atoms with E-state index in [1.54, 1.807) is 25.1 Å². The fraction of sp³-hybridized carbons (Fsp3) is 0.429. The van der Waals surface area contributed by atoms with E-state index in [0.717, 1.165) is 5.56 Å². The Kier molecular flexibility index (Phi) is 4.18. The van der Waals surface area contributed by atoms with E-state index in [2.05, 4.69) is 5.32 Å². The molecule has 2 atom stereocenters.